The van der Waals surface area contributed by atoms with Crippen LogP contribution in [-0.2, 0) is 14.3 Å². The molecule has 544 valence electrons. The van der Waals surface area contributed by atoms with Crippen LogP contribution in [0.3, 0.4) is 0 Å². The summed E-state index contributed by atoms with van der Waals surface area (Å²) in [7, 11) is 0. The fourth-order valence-corrected chi connectivity index (χ4v) is 14.2. The lowest BCUT2D eigenvalue weighted by atomic mass is 10.0. The number of aliphatic hydroxyl groups excluding tert-OH is 2. The van der Waals surface area contributed by atoms with E-state index in [2.05, 4.69) is 19.2 Å². The molecule has 91 heavy (non-hydrogen) atoms. The third kappa shape index (κ3) is 77.7. The van der Waals surface area contributed by atoms with Gasteiger partial charge >= 0.3 is 5.97 Å². The summed E-state index contributed by atoms with van der Waals surface area (Å²) in [4.78, 5) is 24.7. The lowest BCUT2D eigenvalue weighted by Crippen LogP contribution is -2.45. The summed E-state index contributed by atoms with van der Waals surface area (Å²) in [5.74, 6) is 0.00525. The highest BCUT2D eigenvalue weighted by Gasteiger charge is 2.20. The number of rotatable bonds is 82. The number of nitrogens with one attached hydrogen (secondary N) is 1. The average Bonchev–Trinajstić information content (AvgIpc) is 3.75. The fraction of sp³-hybridized carbons (Fsp3) is 0.976. The Hall–Kier alpha value is -1.14. The topological polar surface area (TPSA) is 95.9 Å². The highest BCUT2D eigenvalue weighted by Crippen LogP contribution is 2.21. The van der Waals surface area contributed by atoms with E-state index in [9.17, 15) is 19.8 Å². The Kier molecular flexibility index (Phi) is 80.3. The van der Waals surface area contributed by atoms with Gasteiger partial charge in [0.1, 0.15) is 0 Å². The normalized spacial score (nSPS) is 12.4. The van der Waals surface area contributed by atoms with Crippen molar-refractivity contribution < 1.29 is 24.5 Å². The molecule has 0 aliphatic rings. The Morgan fingerprint density at radius 1 is 0.264 bits per heavy atom. The van der Waals surface area contributed by atoms with E-state index >= 15 is 0 Å². The summed E-state index contributed by atoms with van der Waals surface area (Å²) in [5.41, 5.74) is 0. The van der Waals surface area contributed by atoms with Crippen LogP contribution in [0.2, 0.25) is 0 Å². The first-order chi connectivity index (χ1) is 45.0. The zero-order valence-electron chi connectivity index (χ0n) is 62.6. The van der Waals surface area contributed by atoms with Crippen LogP contribution in [-0.4, -0.2) is 47.4 Å². The first-order valence-electron chi connectivity index (χ1n) is 42.8. The highest BCUT2D eigenvalue weighted by molar-refractivity contribution is 5.76. The van der Waals surface area contributed by atoms with Crippen LogP contribution in [0.5, 0.6) is 0 Å². The van der Waals surface area contributed by atoms with Crippen molar-refractivity contribution in [3.63, 3.8) is 0 Å². The van der Waals surface area contributed by atoms with Gasteiger partial charge in [-0.2, -0.15) is 0 Å². The lowest BCUT2D eigenvalue weighted by Gasteiger charge is -2.22. The number of esters is 1. The molecule has 0 saturated heterocycles. The molecule has 0 saturated carbocycles. The molecule has 0 spiro atoms. The number of carbonyl (C=O) groups excluding carboxylic acids is 2. The maximum absolute atomic E-state index is 12.6. The van der Waals surface area contributed by atoms with Gasteiger partial charge in [0.15, 0.2) is 0 Å². The molecule has 0 rings (SSSR count). The minimum absolute atomic E-state index is 0.0230. The summed E-state index contributed by atoms with van der Waals surface area (Å²) in [6.45, 7) is 5.03. The second kappa shape index (κ2) is 81.3. The van der Waals surface area contributed by atoms with Gasteiger partial charge < -0.3 is 20.3 Å². The molecular weight excluding hydrogens is 1110 g/mol. The van der Waals surface area contributed by atoms with E-state index in [1.807, 2.05) is 0 Å². The zero-order chi connectivity index (χ0) is 65.6. The molecule has 6 heteroatoms. The van der Waals surface area contributed by atoms with Crippen molar-refractivity contribution in [2.75, 3.05) is 13.2 Å². The molecule has 3 N–H and O–H groups in total. The number of hydrogen-bond acceptors (Lipinski definition) is 5. The molecule has 0 bridgehead atoms. The van der Waals surface area contributed by atoms with Crippen LogP contribution < -0.4 is 5.32 Å². The molecular formula is C85H169NO5. The van der Waals surface area contributed by atoms with E-state index in [1.54, 1.807) is 0 Å². The van der Waals surface area contributed by atoms with Crippen LogP contribution in [0.15, 0.2) is 0 Å². The molecule has 1 amide bonds. The Labute approximate surface area is 572 Å². The second-order valence-electron chi connectivity index (χ2n) is 29.9. The van der Waals surface area contributed by atoms with Crippen molar-refractivity contribution >= 4 is 11.9 Å². The van der Waals surface area contributed by atoms with Crippen LogP contribution in [0, 0.1) is 0 Å². The number of unbranched alkanes of at least 4 members (excludes halogenated alkanes) is 71. The summed E-state index contributed by atoms with van der Waals surface area (Å²) in [6.07, 6.45) is 102. The van der Waals surface area contributed by atoms with E-state index in [-0.39, 0.29) is 18.5 Å². The van der Waals surface area contributed by atoms with Gasteiger partial charge in [-0.15, -0.1) is 0 Å². The fourth-order valence-electron chi connectivity index (χ4n) is 14.2. The third-order valence-electron chi connectivity index (χ3n) is 20.7. The average molecular weight is 1290 g/mol. The molecule has 0 aliphatic heterocycles. The third-order valence-corrected chi connectivity index (χ3v) is 20.7. The maximum atomic E-state index is 12.6. The Morgan fingerprint density at radius 3 is 0.670 bits per heavy atom. The maximum Gasteiger partial charge on any atom is 0.305 e. The smallest absolute Gasteiger partial charge is 0.305 e. The first kappa shape index (κ1) is 89.9. The molecule has 6 nitrogen and oxygen atoms in total. The van der Waals surface area contributed by atoms with Gasteiger partial charge in [0, 0.05) is 12.8 Å². The molecule has 0 aliphatic carbocycles. The molecule has 2 atom stereocenters. The van der Waals surface area contributed by atoms with Crippen molar-refractivity contribution in [2.45, 2.75) is 520 Å². The van der Waals surface area contributed by atoms with Crippen molar-refractivity contribution in [3.8, 4) is 0 Å². The summed E-state index contributed by atoms with van der Waals surface area (Å²) < 4.78 is 5.52. The number of ether oxygens (including phenoxy) is 1. The predicted molar refractivity (Wildman–Crippen MR) is 403 cm³/mol. The van der Waals surface area contributed by atoms with Crippen molar-refractivity contribution in [1.29, 1.82) is 0 Å². The largest absolute Gasteiger partial charge is 0.466 e. The van der Waals surface area contributed by atoms with Gasteiger partial charge in [-0.3, -0.25) is 9.59 Å². The van der Waals surface area contributed by atoms with E-state index in [0.717, 1.165) is 38.5 Å². The second-order valence-corrected chi connectivity index (χ2v) is 29.9. The van der Waals surface area contributed by atoms with Gasteiger partial charge in [-0.25, -0.2) is 0 Å². The van der Waals surface area contributed by atoms with Crippen LogP contribution in [0.1, 0.15) is 508 Å². The Morgan fingerprint density at radius 2 is 0.451 bits per heavy atom. The Balaban J connectivity index is 3.30. The first-order valence-corrected chi connectivity index (χ1v) is 42.8. The zero-order valence-corrected chi connectivity index (χ0v) is 62.6. The van der Waals surface area contributed by atoms with Gasteiger partial charge in [0.25, 0.3) is 0 Å². The minimum Gasteiger partial charge on any atom is -0.466 e. The molecule has 2 unspecified atom stereocenters. The molecule has 0 aromatic carbocycles. The van der Waals surface area contributed by atoms with Gasteiger partial charge in [0.05, 0.1) is 25.4 Å². The number of amides is 1. The van der Waals surface area contributed by atoms with E-state index in [0.29, 0.717) is 25.9 Å². The monoisotopic (exact) mass is 1280 g/mol. The lowest BCUT2D eigenvalue weighted by molar-refractivity contribution is -0.143. The van der Waals surface area contributed by atoms with Crippen LogP contribution >= 0.6 is 0 Å². The molecule has 0 heterocycles. The minimum atomic E-state index is -0.661. The molecule has 0 fully saturated rings. The number of carbonyl (C=O) groups is 2. The van der Waals surface area contributed by atoms with E-state index < -0.39 is 12.1 Å². The standard InChI is InChI=1S/C85H169NO5/c1-3-5-7-9-11-13-15-17-19-21-22-23-39-42-46-49-53-57-61-65-69-73-77-83(88)82(81-87)86-84(89)78-74-70-66-62-58-54-50-47-43-40-37-35-33-31-29-27-25-24-26-28-30-32-34-36-38-41-44-48-52-56-60-64-68-72-76-80-91-85(90)79-75-71-67-63-59-55-51-45-20-18-16-14-12-10-8-6-4-2/h82-83,87-88H,3-81H2,1-2H3,(H,86,89). The summed E-state index contributed by atoms with van der Waals surface area (Å²) >= 11 is 0. The number of aliphatic hydroxyl groups is 2. The van der Waals surface area contributed by atoms with Gasteiger partial charge in [-0.1, -0.05) is 470 Å². The van der Waals surface area contributed by atoms with Crippen LogP contribution in [0.25, 0.3) is 0 Å². The molecule has 0 aromatic heterocycles. The predicted octanol–water partition coefficient (Wildman–Crippen LogP) is 28.4. The highest BCUT2D eigenvalue weighted by atomic mass is 16.5. The van der Waals surface area contributed by atoms with E-state index in [4.69, 9.17) is 4.74 Å². The molecule has 0 radical (unpaired) electrons. The number of hydrogen-bond donors (Lipinski definition) is 3. The molecule has 0 aromatic rings. The van der Waals surface area contributed by atoms with Crippen LogP contribution in [0.4, 0.5) is 0 Å². The SMILES string of the molecule is CCCCCCCCCCCCCCCCCCCCCCCCC(O)C(CO)NC(=O)CCCCCCCCCCCCCCCCCCCCCCCCCCCCCCCCCCCCCOC(=O)CCCCCCCCCCCCCCCCCCC. The quantitative estimate of drug-likeness (QED) is 0.0417. The van der Waals surface area contributed by atoms with Gasteiger partial charge in [-0.05, 0) is 25.7 Å². The van der Waals surface area contributed by atoms with Crippen molar-refractivity contribution in [2.24, 2.45) is 0 Å². The summed E-state index contributed by atoms with van der Waals surface area (Å²) in [6, 6.07) is -0.538. The van der Waals surface area contributed by atoms with Gasteiger partial charge in [0.2, 0.25) is 5.91 Å². The van der Waals surface area contributed by atoms with Crippen molar-refractivity contribution in [1.82, 2.24) is 5.32 Å². The summed E-state index contributed by atoms with van der Waals surface area (Å²) in [5, 5.41) is 23.5. The van der Waals surface area contributed by atoms with Crippen molar-refractivity contribution in [3.05, 3.63) is 0 Å². The van der Waals surface area contributed by atoms with E-state index in [1.165, 1.54) is 437 Å². The Bertz CT molecular complexity index is 1340.